The molecule has 20 heavy (non-hydrogen) atoms. The summed E-state index contributed by atoms with van der Waals surface area (Å²) in [5.74, 6) is -3.34. The molecule has 1 aliphatic rings. The third-order valence-corrected chi connectivity index (χ3v) is 5.21. The fourth-order valence-corrected chi connectivity index (χ4v) is 4.01. The van der Waals surface area contributed by atoms with Crippen molar-refractivity contribution in [3.63, 3.8) is 0 Å². The summed E-state index contributed by atoms with van der Waals surface area (Å²) < 4.78 is 52.3. The summed E-state index contributed by atoms with van der Waals surface area (Å²) >= 11 is 0. The SMILES string of the molecule is Cc1cc(S(=O)(=O)N2CCCC2C(=O)O)c(F)cc1F. The van der Waals surface area contributed by atoms with Crippen LogP contribution in [0.2, 0.25) is 0 Å². The molecule has 0 spiro atoms. The summed E-state index contributed by atoms with van der Waals surface area (Å²) in [7, 11) is -4.29. The number of nitrogens with zero attached hydrogens (tertiary/aromatic N) is 1. The Morgan fingerprint density at radius 3 is 2.60 bits per heavy atom. The van der Waals surface area contributed by atoms with E-state index in [9.17, 15) is 22.0 Å². The maximum absolute atomic E-state index is 13.7. The standard InChI is InChI=1S/C12H13F2NO4S/c1-7-5-11(9(14)6-8(7)13)20(18,19)15-4-2-3-10(15)12(16)17/h5-6,10H,2-4H2,1H3,(H,16,17). The average Bonchev–Trinajstić information content (AvgIpc) is 2.83. The van der Waals surface area contributed by atoms with Crippen molar-refractivity contribution in [2.45, 2.75) is 30.7 Å². The Morgan fingerprint density at radius 2 is 2.00 bits per heavy atom. The molecule has 0 aromatic heterocycles. The van der Waals surface area contributed by atoms with E-state index >= 15 is 0 Å². The minimum absolute atomic E-state index is 0.00909. The topological polar surface area (TPSA) is 74.7 Å². The van der Waals surface area contributed by atoms with Crippen LogP contribution < -0.4 is 0 Å². The van der Waals surface area contributed by atoms with Gasteiger partial charge in [0, 0.05) is 12.6 Å². The number of halogens is 2. The molecule has 1 N–H and O–H groups in total. The third-order valence-electron chi connectivity index (χ3n) is 3.29. The molecular weight excluding hydrogens is 292 g/mol. The summed E-state index contributed by atoms with van der Waals surface area (Å²) in [6.07, 6.45) is 0.564. The van der Waals surface area contributed by atoms with E-state index in [-0.39, 0.29) is 18.5 Å². The Hall–Kier alpha value is -1.54. The molecule has 0 radical (unpaired) electrons. The van der Waals surface area contributed by atoms with Gasteiger partial charge in [-0.15, -0.1) is 0 Å². The lowest BCUT2D eigenvalue weighted by molar-refractivity contribution is -0.140. The van der Waals surface area contributed by atoms with Crippen LogP contribution in [0.25, 0.3) is 0 Å². The minimum atomic E-state index is -4.29. The molecule has 0 aliphatic carbocycles. The van der Waals surface area contributed by atoms with Crippen molar-refractivity contribution in [3.8, 4) is 0 Å². The van der Waals surface area contributed by atoms with Crippen molar-refractivity contribution >= 4 is 16.0 Å². The molecule has 1 unspecified atom stereocenters. The number of hydrogen-bond acceptors (Lipinski definition) is 3. The highest BCUT2D eigenvalue weighted by atomic mass is 32.2. The first-order chi connectivity index (χ1) is 9.25. The van der Waals surface area contributed by atoms with Gasteiger partial charge in [-0.3, -0.25) is 4.79 Å². The van der Waals surface area contributed by atoms with E-state index in [2.05, 4.69) is 0 Å². The van der Waals surface area contributed by atoms with Crippen LogP contribution in [0, 0.1) is 18.6 Å². The van der Waals surface area contributed by atoms with Crippen LogP contribution in [-0.4, -0.2) is 36.4 Å². The average molecular weight is 305 g/mol. The zero-order valence-electron chi connectivity index (χ0n) is 10.6. The first-order valence-corrected chi connectivity index (χ1v) is 7.39. The van der Waals surface area contributed by atoms with E-state index in [0.717, 1.165) is 10.4 Å². The lowest BCUT2D eigenvalue weighted by atomic mass is 10.2. The zero-order chi connectivity index (χ0) is 15.1. The fourth-order valence-electron chi connectivity index (χ4n) is 2.23. The minimum Gasteiger partial charge on any atom is -0.480 e. The molecule has 0 bridgehead atoms. The van der Waals surface area contributed by atoms with Crippen LogP contribution in [0.1, 0.15) is 18.4 Å². The summed E-state index contributed by atoms with van der Waals surface area (Å²) in [5, 5.41) is 9.00. The lowest BCUT2D eigenvalue weighted by Gasteiger charge is -2.21. The fraction of sp³-hybridized carbons (Fsp3) is 0.417. The molecular formula is C12H13F2NO4S. The molecule has 110 valence electrons. The van der Waals surface area contributed by atoms with E-state index in [1.165, 1.54) is 6.92 Å². The first-order valence-electron chi connectivity index (χ1n) is 5.95. The van der Waals surface area contributed by atoms with Crippen molar-refractivity contribution in [2.75, 3.05) is 6.54 Å². The van der Waals surface area contributed by atoms with Crippen molar-refractivity contribution in [3.05, 3.63) is 29.3 Å². The van der Waals surface area contributed by atoms with E-state index in [1.807, 2.05) is 0 Å². The van der Waals surface area contributed by atoms with Gasteiger partial charge in [0.25, 0.3) is 0 Å². The first kappa shape index (κ1) is 14.9. The molecule has 2 rings (SSSR count). The Morgan fingerprint density at radius 1 is 1.35 bits per heavy atom. The molecule has 0 saturated carbocycles. The van der Waals surface area contributed by atoms with Crippen LogP contribution >= 0.6 is 0 Å². The predicted molar refractivity (Wildman–Crippen MR) is 65.6 cm³/mol. The van der Waals surface area contributed by atoms with E-state index in [4.69, 9.17) is 5.11 Å². The van der Waals surface area contributed by atoms with E-state index in [1.54, 1.807) is 0 Å². The Labute approximate surface area is 114 Å². The normalized spacial score (nSPS) is 20.2. The Bertz CT molecular complexity index is 660. The summed E-state index contributed by atoms with van der Waals surface area (Å²) in [6, 6.07) is 0.176. The molecule has 1 heterocycles. The molecule has 1 saturated heterocycles. The number of benzene rings is 1. The summed E-state index contributed by atoms with van der Waals surface area (Å²) in [4.78, 5) is 10.3. The predicted octanol–water partition coefficient (Wildman–Crippen LogP) is 1.51. The smallest absolute Gasteiger partial charge is 0.322 e. The van der Waals surface area contributed by atoms with Crippen LogP contribution in [0.4, 0.5) is 8.78 Å². The Kier molecular flexibility index (Phi) is 3.79. The number of carbonyl (C=O) groups is 1. The van der Waals surface area contributed by atoms with E-state index in [0.29, 0.717) is 12.5 Å². The van der Waals surface area contributed by atoms with Crippen molar-refractivity contribution in [2.24, 2.45) is 0 Å². The summed E-state index contributed by atoms with van der Waals surface area (Å²) in [6.45, 7) is 1.32. The van der Waals surface area contributed by atoms with Gasteiger partial charge < -0.3 is 5.11 Å². The number of carboxylic acids is 1. The lowest BCUT2D eigenvalue weighted by Crippen LogP contribution is -2.40. The maximum atomic E-state index is 13.7. The Balaban J connectivity index is 2.50. The second-order valence-electron chi connectivity index (χ2n) is 4.64. The number of rotatable bonds is 3. The molecule has 1 aliphatic heterocycles. The van der Waals surface area contributed by atoms with Crippen LogP contribution in [-0.2, 0) is 14.8 Å². The molecule has 1 aromatic rings. The van der Waals surface area contributed by atoms with Gasteiger partial charge in [0.15, 0.2) is 0 Å². The maximum Gasteiger partial charge on any atom is 0.322 e. The molecule has 8 heteroatoms. The molecule has 1 aromatic carbocycles. The highest BCUT2D eigenvalue weighted by Gasteiger charge is 2.40. The van der Waals surface area contributed by atoms with Gasteiger partial charge in [0.05, 0.1) is 0 Å². The number of aliphatic carboxylic acids is 1. The van der Waals surface area contributed by atoms with Crippen molar-refractivity contribution < 1.29 is 27.1 Å². The van der Waals surface area contributed by atoms with Gasteiger partial charge >= 0.3 is 5.97 Å². The number of aryl methyl sites for hydroxylation is 1. The number of carboxylic acid groups (broad SMARTS) is 1. The number of sulfonamides is 1. The van der Waals surface area contributed by atoms with Gasteiger partial charge in [-0.1, -0.05) is 0 Å². The monoisotopic (exact) mass is 305 g/mol. The largest absolute Gasteiger partial charge is 0.480 e. The van der Waals surface area contributed by atoms with Crippen LogP contribution in [0.15, 0.2) is 17.0 Å². The van der Waals surface area contributed by atoms with Gasteiger partial charge in [0.1, 0.15) is 22.6 Å². The third kappa shape index (κ3) is 2.40. The molecule has 1 fully saturated rings. The molecule has 5 nitrogen and oxygen atoms in total. The van der Waals surface area contributed by atoms with Crippen molar-refractivity contribution in [1.82, 2.24) is 4.31 Å². The van der Waals surface area contributed by atoms with Crippen LogP contribution in [0.5, 0.6) is 0 Å². The second kappa shape index (κ2) is 5.10. The molecule has 0 amide bonds. The molecule has 1 atom stereocenters. The van der Waals surface area contributed by atoms with Gasteiger partial charge in [-0.2, -0.15) is 4.31 Å². The highest BCUT2D eigenvalue weighted by Crippen LogP contribution is 2.28. The van der Waals surface area contributed by atoms with E-state index < -0.39 is 38.6 Å². The summed E-state index contributed by atoms with van der Waals surface area (Å²) in [5.41, 5.74) is -0.0175. The number of hydrogen-bond donors (Lipinski definition) is 1. The van der Waals surface area contributed by atoms with Crippen molar-refractivity contribution in [1.29, 1.82) is 0 Å². The van der Waals surface area contributed by atoms with Crippen LogP contribution in [0.3, 0.4) is 0 Å². The van der Waals surface area contributed by atoms with Gasteiger partial charge in [0.2, 0.25) is 10.0 Å². The highest BCUT2D eigenvalue weighted by molar-refractivity contribution is 7.89. The van der Waals surface area contributed by atoms with Gasteiger partial charge in [-0.05, 0) is 31.4 Å². The van der Waals surface area contributed by atoms with Gasteiger partial charge in [-0.25, -0.2) is 17.2 Å². The zero-order valence-corrected chi connectivity index (χ0v) is 11.5. The quantitative estimate of drug-likeness (QED) is 0.918. The second-order valence-corrected chi connectivity index (χ2v) is 6.50.